The molecule has 1 atom stereocenters. The molecule has 1 unspecified atom stereocenters. The Labute approximate surface area is 165 Å². The number of hydrogen-bond acceptors (Lipinski definition) is 4. The fourth-order valence-corrected chi connectivity index (χ4v) is 4.54. The van der Waals surface area contributed by atoms with Gasteiger partial charge in [-0.15, -0.1) is 0 Å². The highest BCUT2D eigenvalue weighted by Crippen LogP contribution is 2.36. The van der Waals surface area contributed by atoms with Gasteiger partial charge in [0.25, 0.3) is 0 Å². The SMILES string of the molecule is COc1ccc(C2CC(=O)c3c([nH]c(C(=O)OC4CCCCC4)c3C)C2)cc1. The van der Waals surface area contributed by atoms with E-state index in [2.05, 4.69) is 4.98 Å². The summed E-state index contributed by atoms with van der Waals surface area (Å²) < 4.78 is 10.9. The largest absolute Gasteiger partial charge is 0.497 e. The lowest BCUT2D eigenvalue weighted by Crippen LogP contribution is -2.21. The first-order valence-electron chi connectivity index (χ1n) is 10.2. The Morgan fingerprint density at radius 3 is 2.46 bits per heavy atom. The zero-order valence-electron chi connectivity index (χ0n) is 16.5. The summed E-state index contributed by atoms with van der Waals surface area (Å²) in [5.74, 6) is 0.668. The molecule has 1 saturated carbocycles. The van der Waals surface area contributed by atoms with Gasteiger partial charge in [0.05, 0.1) is 7.11 Å². The van der Waals surface area contributed by atoms with Crippen molar-refractivity contribution in [2.24, 2.45) is 0 Å². The average Bonchev–Trinajstić information content (AvgIpc) is 3.06. The van der Waals surface area contributed by atoms with Crippen molar-refractivity contribution in [3.63, 3.8) is 0 Å². The minimum absolute atomic E-state index is 0.00345. The molecule has 0 spiro atoms. The fraction of sp³-hybridized carbons (Fsp3) is 0.478. The molecule has 5 nitrogen and oxygen atoms in total. The summed E-state index contributed by atoms with van der Waals surface area (Å²) in [6.07, 6.45) is 6.47. The molecule has 2 aromatic rings. The van der Waals surface area contributed by atoms with Crippen LogP contribution in [0.5, 0.6) is 5.75 Å². The predicted molar refractivity (Wildman–Crippen MR) is 106 cm³/mol. The fourth-order valence-electron chi connectivity index (χ4n) is 4.54. The molecule has 2 aliphatic rings. The van der Waals surface area contributed by atoms with Crippen molar-refractivity contribution in [1.29, 1.82) is 0 Å². The number of methoxy groups -OCH3 is 1. The molecule has 2 aliphatic carbocycles. The maximum atomic E-state index is 12.8. The number of aromatic amines is 1. The molecule has 4 rings (SSSR count). The Bertz CT molecular complexity index is 875. The van der Waals surface area contributed by atoms with Gasteiger partial charge < -0.3 is 14.5 Å². The number of carbonyl (C=O) groups excluding carboxylic acids is 2. The number of carbonyl (C=O) groups is 2. The molecule has 1 aromatic carbocycles. The Morgan fingerprint density at radius 1 is 1.07 bits per heavy atom. The Morgan fingerprint density at radius 2 is 1.79 bits per heavy atom. The number of ketones is 1. The molecule has 148 valence electrons. The maximum absolute atomic E-state index is 12.8. The van der Waals surface area contributed by atoms with Crippen LogP contribution in [-0.4, -0.2) is 30.0 Å². The van der Waals surface area contributed by atoms with Crippen LogP contribution >= 0.6 is 0 Å². The molecule has 0 radical (unpaired) electrons. The number of benzene rings is 1. The van der Waals surface area contributed by atoms with E-state index in [0.717, 1.165) is 48.3 Å². The normalized spacial score (nSPS) is 19.9. The number of ether oxygens (including phenoxy) is 2. The van der Waals surface area contributed by atoms with Gasteiger partial charge in [-0.2, -0.15) is 0 Å². The lowest BCUT2D eigenvalue weighted by molar-refractivity contribution is 0.0204. The molecule has 0 aliphatic heterocycles. The third-order valence-electron chi connectivity index (χ3n) is 6.11. The third kappa shape index (κ3) is 3.58. The first-order valence-corrected chi connectivity index (χ1v) is 10.2. The zero-order chi connectivity index (χ0) is 19.7. The van der Waals surface area contributed by atoms with Crippen LogP contribution in [-0.2, 0) is 11.2 Å². The first kappa shape index (κ1) is 18.8. The number of rotatable bonds is 4. The van der Waals surface area contributed by atoms with E-state index in [-0.39, 0.29) is 23.8 Å². The number of hydrogen-bond donors (Lipinski definition) is 1. The number of fused-ring (bicyclic) bond motifs is 1. The molecule has 1 heterocycles. The van der Waals surface area contributed by atoms with E-state index in [0.29, 0.717) is 24.1 Å². The van der Waals surface area contributed by atoms with E-state index in [4.69, 9.17) is 9.47 Å². The second-order valence-electron chi connectivity index (χ2n) is 7.95. The van der Waals surface area contributed by atoms with Crippen molar-refractivity contribution >= 4 is 11.8 Å². The highest BCUT2D eigenvalue weighted by Gasteiger charge is 2.33. The van der Waals surface area contributed by atoms with Gasteiger partial charge >= 0.3 is 5.97 Å². The summed E-state index contributed by atoms with van der Waals surface area (Å²) in [6.45, 7) is 1.85. The van der Waals surface area contributed by atoms with Crippen LogP contribution in [0.25, 0.3) is 0 Å². The Hall–Kier alpha value is -2.56. The molecule has 1 N–H and O–H groups in total. The standard InChI is InChI=1S/C23H27NO4/c1-14-21-19(24-22(14)23(26)28-18-6-4-3-5-7-18)12-16(13-20(21)25)15-8-10-17(27-2)11-9-15/h8-11,16,18,24H,3-7,12-13H2,1-2H3. The maximum Gasteiger partial charge on any atom is 0.355 e. The van der Waals surface area contributed by atoms with E-state index in [1.54, 1.807) is 7.11 Å². The number of aromatic nitrogens is 1. The van der Waals surface area contributed by atoms with Gasteiger partial charge in [0.2, 0.25) is 0 Å². The minimum Gasteiger partial charge on any atom is -0.497 e. The van der Waals surface area contributed by atoms with Crippen LogP contribution in [0.15, 0.2) is 24.3 Å². The first-order chi connectivity index (χ1) is 13.6. The van der Waals surface area contributed by atoms with Crippen molar-refractivity contribution in [3.8, 4) is 5.75 Å². The van der Waals surface area contributed by atoms with Gasteiger partial charge in [-0.25, -0.2) is 4.79 Å². The van der Waals surface area contributed by atoms with Crippen molar-refractivity contribution in [1.82, 2.24) is 4.98 Å². The van der Waals surface area contributed by atoms with Gasteiger partial charge in [0, 0.05) is 17.7 Å². The summed E-state index contributed by atoms with van der Waals surface area (Å²) in [4.78, 5) is 28.8. The second kappa shape index (κ2) is 7.82. The van der Waals surface area contributed by atoms with E-state index in [1.807, 2.05) is 31.2 Å². The molecule has 5 heteroatoms. The third-order valence-corrected chi connectivity index (χ3v) is 6.11. The summed E-state index contributed by atoms with van der Waals surface area (Å²) in [7, 11) is 1.64. The smallest absolute Gasteiger partial charge is 0.355 e. The van der Waals surface area contributed by atoms with Crippen molar-refractivity contribution < 1.29 is 19.1 Å². The molecule has 28 heavy (non-hydrogen) atoms. The van der Waals surface area contributed by atoms with Gasteiger partial charge in [-0.3, -0.25) is 4.79 Å². The molecule has 1 fully saturated rings. The van der Waals surface area contributed by atoms with Gasteiger partial charge in [0.15, 0.2) is 5.78 Å². The highest BCUT2D eigenvalue weighted by atomic mass is 16.5. The predicted octanol–water partition coefficient (Wildman–Crippen LogP) is 4.73. The van der Waals surface area contributed by atoms with E-state index in [1.165, 1.54) is 6.42 Å². The number of esters is 1. The average molecular weight is 381 g/mol. The van der Waals surface area contributed by atoms with Crippen molar-refractivity contribution in [2.75, 3.05) is 7.11 Å². The van der Waals surface area contributed by atoms with Gasteiger partial charge in [-0.05, 0) is 68.2 Å². The Balaban J connectivity index is 1.54. The zero-order valence-corrected chi connectivity index (χ0v) is 16.5. The Kier molecular flexibility index (Phi) is 5.25. The lowest BCUT2D eigenvalue weighted by Gasteiger charge is -2.22. The van der Waals surface area contributed by atoms with Crippen LogP contribution < -0.4 is 4.74 Å². The number of H-pyrrole nitrogens is 1. The molecule has 0 saturated heterocycles. The van der Waals surface area contributed by atoms with Crippen LogP contribution in [0.1, 0.15) is 82.1 Å². The summed E-state index contributed by atoms with van der Waals surface area (Å²) >= 11 is 0. The quantitative estimate of drug-likeness (QED) is 0.777. The summed E-state index contributed by atoms with van der Waals surface area (Å²) in [5.41, 5.74) is 3.82. The molecular weight excluding hydrogens is 354 g/mol. The minimum atomic E-state index is -0.326. The second-order valence-corrected chi connectivity index (χ2v) is 7.95. The molecule has 0 amide bonds. The van der Waals surface area contributed by atoms with Crippen molar-refractivity contribution in [2.45, 2.75) is 63.9 Å². The van der Waals surface area contributed by atoms with Crippen LogP contribution in [0.4, 0.5) is 0 Å². The van der Waals surface area contributed by atoms with E-state index < -0.39 is 0 Å². The van der Waals surface area contributed by atoms with Gasteiger partial charge in [0.1, 0.15) is 17.5 Å². The van der Waals surface area contributed by atoms with Crippen LogP contribution in [0.3, 0.4) is 0 Å². The topological polar surface area (TPSA) is 68.4 Å². The van der Waals surface area contributed by atoms with E-state index >= 15 is 0 Å². The summed E-state index contributed by atoms with van der Waals surface area (Å²) in [5, 5.41) is 0. The van der Waals surface area contributed by atoms with Crippen LogP contribution in [0, 0.1) is 6.92 Å². The summed E-state index contributed by atoms with van der Waals surface area (Å²) in [6, 6.07) is 7.86. The number of nitrogens with one attached hydrogen (secondary N) is 1. The number of Topliss-reactive ketones (excluding diaryl/α,β-unsaturated/α-hetero) is 1. The van der Waals surface area contributed by atoms with Gasteiger partial charge in [-0.1, -0.05) is 18.6 Å². The lowest BCUT2D eigenvalue weighted by atomic mass is 9.81. The highest BCUT2D eigenvalue weighted by molar-refractivity contribution is 6.03. The van der Waals surface area contributed by atoms with Crippen molar-refractivity contribution in [3.05, 3.63) is 52.3 Å². The molecular formula is C23H27NO4. The molecule has 0 bridgehead atoms. The van der Waals surface area contributed by atoms with Crippen LogP contribution in [0.2, 0.25) is 0 Å². The monoisotopic (exact) mass is 381 g/mol. The van der Waals surface area contributed by atoms with E-state index in [9.17, 15) is 9.59 Å². The molecule has 1 aromatic heterocycles.